The maximum Gasteiger partial charge on any atom is 0.212 e. The second-order valence-electron chi connectivity index (χ2n) is 4.26. The third-order valence-electron chi connectivity index (χ3n) is 2.55. The highest BCUT2D eigenvalue weighted by molar-refractivity contribution is 6.29. The van der Waals surface area contributed by atoms with Crippen LogP contribution in [0.25, 0.3) is 0 Å². The molecule has 4 N–H and O–H groups in total. The molecule has 0 fully saturated rings. The Hall–Kier alpha value is -2.12. The molecule has 0 unspecified atom stereocenters. The second kappa shape index (κ2) is 7.34. The Labute approximate surface area is 112 Å². The smallest absolute Gasteiger partial charge is 0.212 e. The van der Waals surface area contributed by atoms with Crippen molar-refractivity contribution in [1.82, 2.24) is 21.5 Å². The van der Waals surface area contributed by atoms with Gasteiger partial charge in [0.15, 0.2) is 0 Å². The van der Waals surface area contributed by atoms with Gasteiger partial charge in [0.05, 0.1) is 11.9 Å². The first-order valence-electron chi connectivity index (χ1n) is 6.50. The van der Waals surface area contributed by atoms with Gasteiger partial charge in [0.25, 0.3) is 0 Å². The van der Waals surface area contributed by atoms with Crippen LogP contribution in [0.1, 0.15) is 19.8 Å². The van der Waals surface area contributed by atoms with Crippen LogP contribution in [0.4, 0.5) is 0 Å². The van der Waals surface area contributed by atoms with Crippen molar-refractivity contribution in [3.63, 3.8) is 0 Å². The van der Waals surface area contributed by atoms with Crippen molar-refractivity contribution in [1.29, 1.82) is 0 Å². The van der Waals surface area contributed by atoms with Gasteiger partial charge in [-0.25, -0.2) is 10.9 Å². The Morgan fingerprint density at radius 2 is 1.74 bits per heavy atom. The number of hydrogen-bond acceptors (Lipinski definition) is 8. The summed E-state index contributed by atoms with van der Waals surface area (Å²) in [5, 5.41) is 14.5. The average molecular weight is 264 g/mol. The molecule has 0 spiro atoms. The molecule has 8 heteroatoms. The van der Waals surface area contributed by atoms with Gasteiger partial charge in [0.1, 0.15) is 0 Å². The summed E-state index contributed by atoms with van der Waals surface area (Å²) in [6, 6.07) is 0. The fraction of sp³-hybridized carbons (Fsp3) is 0.636. The lowest BCUT2D eigenvalue weighted by molar-refractivity contribution is 0.710. The van der Waals surface area contributed by atoms with Gasteiger partial charge in [-0.15, -0.1) is 0 Å². The summed E-state index contributed by atoms with van der Waals surface area (Å²) in [6.45, 7) is 5.40. The molecule has 0 saturated heterocycles. The van der Waals surface area contributed by atoms with E-state index in [1.165, 1.54) is 0 Å². The molecule has 0 aromatic heterocycles. The van der Waals surface area contributed by atoms with Gasteiger partial charge in [0.2, 0.25) is 11.9 Å². The molecule has 0 saturated carbocycles. The Morgan fingerprint density at radius 3 is 2.32 bits per heavy atom. The van der Waals surface area contributed by atoms with Crippen LogP contribution in [0.15, 0.2) is 20.2 Å². The third-order valence-corrected chi connectivity index (χ3v) is 2.55. The van der Waals surface area contributed by atoms with Crippen LogP contribution in [0.2, 0.25) is 0 Å². The highest BCUT2D eigenvalue weighted by atomic mass is 15.4. The summed E-state index contributed by atoms with van der Waals surface area (Å²) in [5.41, 5.74) is 6.47. The quantitative estimate of drug-likeness (QED) is 0.397. The fourth-order valence-electron chi connectivity index (χ4n) is 1.57. The summed E-state index contributed by atoms with van der Waals surface area (Å²) in [7, 11) is 0. The van der Waals surface area contributed by atoms with Crippen molar-refractivity contribution in [2.45, 2.75) is 19.8 Å². The molecule has 0 aromatic carbocycles. The zero-order chi connectivity index (χ0) is 13.3. The lowest BCUT2D eigenvalue weighted by Gasteiger charge is -2.13. The number of rotatable bonds is 3. The number of hydrogen-bond donors (Lipinski definition) is 4. The summed E-state index contributed by atoms with van der Waals surface area (Å²) in [6.07, 6.45) is 3.76. The van der Waals surface area contributed by atoms with Crippen LogP contribution >= 0.6 is 0 Å². The van der Waals surface area contributed by atoms with Crippen molar-refractivity contribution >= 4 is 23.8 Å². The standard InChI is InChI=1S/C11H20N8/c1-9(17-19-11-14-6-3-7-15-11)8-16-18-10-12-4-2-5-13-10/h8H,2-7H2,1H3,(H2,12,13,18)(H2,14,15,19)/b16-8-,17-9+. The predicted octanol–water partition coefficient (Wildman–Crippen LogP) is -0.774. The molecule has 0 radical (unpaired) electrons. The number of aliphatic imine (C=N–C) groups is 2. The Balaban J connectivity index is 1.74. The topological polar surface area (TPSA) is 97.6 Å². The van der Waals surface area contributed by atoms with Crippen LogP contribution in [0, 0.1) is 0 Å². The highest BCUT2D eigenvalue weighted by Crippen LogP contribution is 1.87. The van der Waals surface area contributed by atoms with Gasteiger partial charge in [-0.1, -0.05) is 0 Å². The molecule has 0 atom stereocenters. The van der Waals surface area contributed by atoms with Crippen LogP contribution in [0.5, 0.6) is 0 Å². The number of nitrogens with one attached hydrogen (secondary N) is 4. The zero-order valence-corrected chi connectivity index (χ0v) is 11.1. The maximum absolute atomic E-state index is 4.25. The van der Waals surface area contributed by atoms with E-state index in [1.807, 2.05) is 6.92 Å². The highest BCUT2D eigenvalue weighted by Gasteiger charge is 2.02. The Bertz CT molecular complexity index is 409. The summed E-state index contributed by atoms with van der Waals surface area (Å²) < 4.78 is 0. The Morgan fingerprint density at radius 1 is 1.11 bits per heavy atom. The minimum Gasteiger partial charge on any atom is -0.355 e. The van der Waals surface area contributed by atoms with Crippen molar-refractivity contribution < 1.29 is 0 Å². The molecule has 104 valence electrons. The van der Waals surface area contributed by atoms with E-state index in [4.69, 9.17) is 0 Å². The van der Waals surface area contributed by atoms with E-state index in [1.54, 1.807) is 6.21 Å². The van der Waals surface area contributed by atoms with E-state index in [0.717, 1.165) is 44.7 Å². The fourth-order valence-corrected chi connectivity index (χ4v) is 1.57. The molecule has 0 bridgehead atoms. The van der Waals surface area contributed by atoms with Crippen LogP contribution in [0.3, 0.4) is 0 Å². The van der Waals surface area contributed by atoms with Crippen molar-refractivity contribution in [2.24, 2.45) is 20.2 Å². The van der Waals surface area contributed by atoms with Gasteiger partial charge < -0.3 is 10.6 Å². The minimum atomic E-state index is 0.710. The summed E-state index contributed by atoms with van der Waals surface area (Å²) in [5.74, 6) is 1.42. The molecule has 8 nitrogen and oxygen atoms in total. The molecular formula is C11H20N8. The zero-order valence-electron chi connectivity index (χ0n) is 11.1. The van der Waals surface area contributed by atoms with Gasteiger partial charge in [-0.3, -0.25) is 9.98 Å². The van der Waals surface area contributed by atoms with E-state index in [0.29, 0.717) is 11.9 Å². The summed E-state index contributed by atoms with van der Waals surface area (Å²) >= 11 is 0. The van der Waals surface area contributed by atoms with E-state index in [-0.39, 0.29) is 0 Å². The molecule has 0 amide bonds. The molecule has 19 heavy (non-hydrogen) atoms. The third kappa shape index (κ3) is 4.94. The minimum absolute atomic E-state index is 0.710. The van der Waals surface area contributed by atoms with E-state index in [9.17, 15) is 0 Å². The largest absolute Gasteiger partial charge is 0.355 e. The van der Waals surface area contributed by atoms with E-state index < -0.39 is 0 Å². The number of hydrazone groups is 2. The number of nitrogens with zero attached hydrogens (tertiary/aromatic N) is 4. The first kappa shape index (κ1) is 13.3. The molecular weight excluding hydrogens is 244 g/mol. The molecule has 2 aliphatic heterocycles. The monoisotopic (exact) mass is 264 g/mol. The first-order valence-corrected chi connectivity index (χ1v) is 6.50. The van der Waals surface area contributed by atoms with E-state index in [2.05, 4.69) is 41.7 Å². The van der Waals surface area contributed by atoms with Crippen molar-refractivity contribution in [3.05, 3.63) is 0 Å². The van der Waals surface area contributed by atoms with Crippen molar-refractivity contribution in [3.8, 4) is 0 Å². The Kier molecular flexibility index (Phi) is 5.15. The lowest BCUT2D eigenvalue weighted by atomic mass is 10.4. The first-order chi connectivity index (χ1) is 9.34. The van der Waals surface area contributed by atoms with Crippen molar-refractivity contribution in [2.75, 3.05) is 26.2 Å². The molecule has 2 rings (SSSR count). The number of guanidine groups is 2. The maximum atomic E-state index is 4.25. The summed E-state index contributed by atoms with van der Waals surface area (Å²) in [4.78, 5) is 8.50. The van der Waals surface area contributed by atoms with Gasteiger partial charge in [-0.2, -0.15) is 10.2 Å². The lowest BCUT2D eigenvalue weighted by Crippen LogP contribution is -2.39. The van der Waals surface area contributed by atoms with E-state index >= 15 is 0 Å². The predicted molar refractivity (Wildman–Crippen MR) is 77.7 cm³/mol. The SMILES string of the molecule is CC(/C=N\NC1=NCCCN1)=N\NC1=NCCCN1. The molecule has 2 heterocycles. The molecule has 2 aliphatic rings. The van der Waals surface area contributed by atoms with Crippen LogP contribution < -0.4 is 21.5 Å². The van der Waals surface area contributed by atoms with Gasteiger partial charge in [0, 0.05) is 26.2 Å². The molecule has 0 aromatic rings. The second-order valence-corrected chi connectivity index (χ2v) is 4.26. The van der Waals surface area contributed by atoms with Crippen LogP contribution in [-0.2, 0) is 0 Å². The van der Waals surface area contributed by atoms with Crippen LogP contribution in [-0.4, -0.2) is 50.0 Å². The van der Waals surface area contributed by atoms with Gasteiger partial charge >= 0.3 is 0 Å². The molecule has 0 aliphatic carbocycles. The van der Waals surface area contributed by atoms with Gasteiger partial charge in [-0.05, 0) is 19.8 Å². The normalized spacial score (nSPS) is 20.2. The average Bonchev–Trinajstić information content (AvgIpc) is 2.47.